The predicted molar refractivity (Wildman–Crippen MR) is 79.0 cm³/mol. The van der Waals surface area contributed by atoms with Crippen molar-refractivity contribution in [3.63, 3.8) is 0 Å². The van der Waals surface area contributed by atoms with Crippen molar-refractivity contribution in [3.05, 3.63) is 40.8 Å². The third-order valence-corrected chi connectivity index (χ3v) is 3.69. The van der Waals surface area contributed by atoms with E-state index in [1.54, 1.807) is 0 Å². The first-order chi connectivity index (χ1) is 10.6. The molecule has 6 heteroatoms. The second-order valence-electron chi connectivity index (χ2n) is 5.27. The highest BCUT2D eigenvalue weighted by molar-refractivity contribution is 5.79. The number of hydrogen-bond acceptors (Lipinski definition) is 5. The molecular formula is C16H18N2O4. The van der Waals surface area contributed by atoms with Gasteiger partial charge >= 0.3 is 0 Å². The standard InChI is InChI=1S/C16H18N2O4/c1-10-13(11(2)22-18-10)8-16(19)17-6-5-12-3-4-14-15(7-12)21-9-20-14/h3-4,7H,5-6,8-9H2,1-2H3,(H,17,19). The Morgan fingerprint density at radius 2 is 2.09 bits per heavy atom. The van der Waals surface area contributed by atoms with Crippen LogP contribution in [0, 0.1) is 13.8 Å². The van der Waals surface area contributed by atoms with E-state index in [0.29, 0.717) is 18.7 Å². The normalized spacial score (nSPS) is 12.5. The van der Waals surface area contributed by atoms with Gasteiger partial charge in [0.15, 0.2) is 11.5 Å². The Morgan fingerprint density at radius 3 is 2.86 bits per heavy atom. The Morgan fingerprint density at radius 1 is 1.27 bits per heavy atom. The minimum Gasteiger partial charge on any atom is -0.454 e. The van der Waals surface area contributed by atoms with E-state index in [-0.39, 0.29) is 12.7 Å². The molecule has 2 aromatic rings. The van der Waals surface area contributed by atoms with E-state index in [1.807, 2.05) is 32.0 Å². The quantitative estimate of drug-likeness (QED) is 0.913. The number of carbonyl (C=O) groups is 1. The van der Waals surface area contributed by atoms with Gasteiger partial charge in [-0.1, -0.05) is 11.2 Å². The van der Waals surface area contributed by atoms with Gasteiger partial charge in [-0.3, -0.25) is 4.79 Å². The number of ether oxygens (including phenoxy) is 2. The molecule has 1 aliphatic heterocycles. The molecule has 0 saturated carbocycles. The summed E-state index contributed by atoms with van der Waals surface area (Å²) in [5.74, 6) is 2.20. The summed E-state index contributed by atoms with van der Waals surface area (Å²) in [5.41, 5.74) is 2.73. The zero-order valence-corrected chi connectivity index (χ0v) is 12.6. The summed E-state index contributed by atoms with van der Waals surface area (Å²) in [6, 6.07) is 5.82. The van der Waals surface area contributed by atoms with Crippen molar-refractivity contribution in [3.8, 4) is 11.5 Å². The van der Waals surface area contributed by atoms with Crippen molar-refractivity contribution in [1.82, 2.24) is 10.5 Å². The molecule has 0 aliphatic carbocycles. The van der Waals surface area contributed by atoms with Gasteiger partial charge in [0.2, 0.25) is 12.7 Å². The number of hydrogen-bond donors (Lipinski definition) is 1. The molecule has 0 radical (unpaired) electrons. The molecule has 1 aromatic carbocycles. The maximum Gasteiger partial charge on any atom is 0.231 e. The molecule has 22 heavy (non-hydrogen) atoms. The van der Waals surface area contributed by atoms with Crippen molar-refractivity contribution in [1.29, 1.82) is 0 Å². The summed E-state index contributed by atoms with van der Waals surface area (Å²) in [7, 11) is 0. The van der Waals surface area contributed by atoms with Crippen molar-refractivity contribution < 1.29 is 18.8 Å². The number of fused-ring (bicyclic) bond motifs is 1. The van der Waals surface area contributed by atoms with Crippen LogP contribution in [0.15, 0.2) is 22.7 Å². The first-order valence-electron chi connectivity index (χ1n) is 7.20. The summed E-state index contributed by atoms with van der Waals surface area (Å²) in [6.45, 7) is 4.50. The summed E-state index contributed by atoms with van der Waals surface area (Å²) < 4.78 is 15.7. The van der Waals surface area contributed by atoms with E-state index in [9.17, 15) is 4.79 Å². The summed E-state index contributed by atoms with van der Waals surface area (Å²) >= 11 is 0. The van der Waals surface area contributed by atoms with Gasteiger partial charge in [0.05, 0.1) is 12.1 Å². The lowest BCUT2D eigenvalue weighted by atomic mass is 10.1. The second-order valence-corrected chi connectivity index (χ2v) is 5.27. The molecular weight excluding hydrogens is 284 g/mol. The van der Waals surface area contributed by atoms with Gasteiger partial charge in [0, 0.05) is 12.1 Å². The van der Waals surface area contributed by atoms with Crippen LogP contribution < -0.4 is 14.8 Å². The average molecular weight is 302 g/mol. The first kappa shape index (κ1) is 14.4. The van der Waals surface area contributed by atoms with Gasteiger partial charge in [-0.25, -0.2) is 0 Å². The minimum absolute atomic E-state index is 0.0323. The van der Waals surface area contributed by atoms with Crippen LogP contribution in [0.25, 0.3) is 0 Å². The van der Waals surface area contributed by atoms with Crippen LogP contribution in [0.1, 0.15) is 22.6 Å². The largest absolute Gasteiger partial charge is 0.454 e. The number of rotatable bonds is 5. The molecule has 116 valence electrons. The first-order valence-corrected chi connectivity index (χ1v) is 7.20. The fourth-order valence-electron chi connectivity index (χ4n) is 2.42. The molecule has 2 heterocycles. The van der Waals surface area contributed by atoms with Crippen LogP contribution in [-0.2, 0) is 17.6 Å². The molecule has 0 unspecified atom stereocenters. The fourth-order valence-corrected chi connectivity index (χ4v) is 2.42. The number of aryl methyl sites for hydroxylation is 2. The molecule has 0 bridgehead atoms. The summed E-state index contributed by atoms with van der Waals surface area (Å²) in [4.78, 5) is 12.0. The van der Waals surface area contributed by atoms with Crippen LogP contribution in [0.3, 0.4) is 0 Å². The van der Waals surface area contributed by atoms with Gasteiger partial charge < -0.3 is 19.3 Å². The van der Waals surface area contributed by atoms with E-state index in [4.69, 9.17) is 14.0 Å². The summed E-state index contributed by atoms with van der Waals surface area (Å²) in [6.07, 6.45) is 1.03. The SMILES string of the molecule is Cc1noc(C)c1CC(=O)NCCc1ccc2c(c1)OCO2. The topological polar surface area (TPSA) is 73.6 Å². The van der Waals surface area contributed by atoms with Crippen molar-refractivity contribution in [2.45, 2.75) is 26.7 Å². The van der Waals surface area contributed by atoms with Crippen LogP contribution in [0.2, 0.25) is 0 Å². The van der Waals surface area contributed by atoms with Crippen LogP contribution in [-0.4, -0.2) is 24.4 Å². The lowest BCUT2D eigenvalue weighted by Crippen LogP contribution is -2.27. The van der Waals surface area contributed by atoms with Crippen molar-refractivity contribution in [2.75, 3.05) is 13.3 Å². The van der Waals surface area contributed by atoms with Crippen molar-refractivity contribution >= 4 is 5.91 Å². The zero-order valence-electron chi connectivity index (χ0n) is 12.6. The Bertz CT molecular complexity index is 674. The Kier molecular flexibility index (Phi) is 4.00. The minimum atomic E-state index is -0.0323. The number of amides is 1. The van der Waals surface area contributed by atoms with Gasteiger partial charge in [-0.2, -0.15) is 0 Å². The molecule has 0 fully saturated rings. The maximum atomic E-state index is 12.0. The molecule has 0 saturated heterocycles. The summed E-state index contributed by atoms with van der Waals surface area (Å²) in [5, 5.41) is 6.76. The van der Waals surface area contributed by atoms with E-state index in [2.05, 4.69) is 10.5 Å². The zero-order chi connectivity index (χ0) is 15.5. The Hall–Kier alpha value is -2.50. The average Bonchev–Trinajstić information content (AvgIpc) is 3.08. The monoisotopic (exact) mass is 302 g/mol. The Balaban J connectivity index is 1.50. The number of benzene rings is 1. The fraction of sp³-hybridized carbons (Fsp3) is 0.375. The highest BCUT2D eigenvalue weighted by Crippen LogP contribution is 2.32. The van der Waals surface area contributed by atoms with Gasteiger partial charge in [-0.05, 0) is 38.0 Å². The Labute approximate surface area is 128 Å². The third-order valence-electron chi connectivity index (χ3n) is 3.69. The third kappa shape index (κ3) is 3.05. The second kappa shape index (κ2) is 6.09. The smallest absolute Gasteiger partial charge is 0.231 e. The molecule has 1 aromatic heterocycles. The highest BCUT2D eigenvalue weighted by atomic mass is 16.7. The van der Waals surface area contributed by atoms with Crippen molar-refractivity contribution in [2.24, 2.45) is 0 Å². The van der Waals surface area contributed by atoms with E-state index in [0.717, 1.165) is 34.7 Å². The lowest BCUT2D eigenvalue weighted by molar-refractivity contribution is -0.120. The highest BCUT2D eigenvalue weighted by Gasteiger charge is 2.14. The molecule has 1 amide bonds. The predicted octanol–water partition coefficient (Wildman–Crippen LogP) is 1.92. The molecule has 0 atom stereocenters. The molecule has 1 aliphatic rings. The number of nitrogens with one attached hydrogen (secondary N) is 1. The van der Waals surface area contributed by atoms with Gasteiger partial charge in [0.25, 0.3) is 0 Å². The number of nitrogens with zero attached hydrogens (tertiary/aromatic N) is 1. The molecule has 0 spiro atoms. The van der Waals surface area contributed by atoms with E-state index in [1.165, 1.54) is 0 Å². The van der Waals surface area contributed by atoms with Crippen LogP contribution in [0.4, 0.5) is 0 Å². The molecule has 3 rings (SSSR count). The number of carbonyl (C=O) groups excluding carboxylic acids is 1. The van der Waals surface area contributed by atoms with Gasteiger partial charge in [0.1, 0.15) is 5.76 Å². The van der Waals surface area contributed by atoms with Crippen LogP contribution >= 0.6 is 0 Å². The lowest BCUT2D eigenvalue weighted by Gasteiger charge is -2.06. The maximum absolute atomic E-state index is 12.0. The van der Waals surface area contributed by atoms with E-state index < -0.39 is 0 Å². The van der Waals surface area contributed by atoms with Gasteiger partial charge in [-0.15, -0.1) is 0 Å². The molecule has 6 nitrogen and oxygen atoms in total. The number of aromatic nitrogens is 1. The van der Waals surface area contributed by atoms with Crippen LogP contribution in [0.5, 0.6) is 11.5 Å². The van der Waals surface area contributed by atoms with E-state index >= 15 is 0 Å². The molecule has 1 N–H and O–H groups in total.